The van der Waals surface area contributed by atoms with E-state index < -0.39 is 0 Å². The van der Waals surface area contributed by atoms with E-state index in [2.05, 4.69) is 175 Å². The van der Waals surface area contributed by atoms with Crippen molar-refractivity contribution < 1.29 is 8.83 Å². The minimum absolute atomic E-state index is 0.176. The fourth-order valence-electron chi connectivity index (χ4n) is 10.9. The molecule has 0 radical (unpaired) electrons. The van der Waals surface area contributed by atoms with E-state index in [1.807, 2.05) is 12.1 Å². The fourth-order valence-corrected chi connectivity index (χ4v) is 10.9. The van der Waals surface area contributed by atoms with E-state index in [-0.39, 0.29) is 11.5 Å². The Morgan fingerprint density at radius 3 is 2.33 bits per heavy atom. The van der Waals surface area contributed by atoms with Gasteiger partial charge in [0.1, 0.15) is 22.3 Å². The van der Waals surface area contributed by atoms with E-state index in [0.29, 0.717) is 5.92 Å². The first-order chi connectivity index (χ1) is 28.7. The van der Waals surface area contributed by atoms with Gasteiger partial charge in [0.15, 0.2) is 0 Å². The Hall–Kier alpha value is -7.10. The van der Waals surface area contributed by atoms with Crippen LogP contribution in [0.5, 0.6) is 0 Å². The number of nitrogens with one attached hydrogen (secondary N) is 1. The minimum atomic E-state index is -0.278. The summed E-state index contributed by atoms with van der Waals surface area (Å²) in [6.45, 7) is 0. The van der Waals surface area contributed by atoms with E-state index in [4.69, 9.17) is 8.83 Å². The quantitative estimate of drug-likeness (QED) is 0.195. The Morgan fingerprint density at radius 1 is 0.586 bits per heavy atom. The van der Waals surface area contributed by atoms with E-state index in [1.54, 1.807) is 0 Å². The number of rotatable bonds is 4. The Balaban J connectivity index is 0.843. The first kappa shape index (κ1) is 32.0. The smallest absolute Gasteiger partial charge is 0.144 e. The molecule has 274 valence electrons. The zero-order chi connectivity index (χ0) is 38.0. The van der Waals surface area contributed by atoms with Crippen LogP contribution in [0, 0.1) is 0 Å². The molecule has 1 N–H and O–H groups in total. The monoisotopic (exact) mass is 743 g/mol. The predicted octanol–water partition coefficient (Wildman–Crippen LogP) is 14.3. The molecule has 58 heavy (non-hydrogen) atoms. The molecule has 2 heterocycles. The molecular weight excluding hydrogens is 707 g/mol. The van der Waals surface area contributed by atoms with E-state index in [0.717, 1.165) is 79.1 Å². The first-order valence-electron chi connectivity index (χ1n) is 20.5. The molecule has 0 fully saturated rings. The third-order valence-corrected chi connectivity index (χ3v) is 13.3. The molecule has 3 atom stereocenters. The van der Waals surface area contributed by atoms with Gasteiger partial charge in [-0.05, 0) is 105 Å². The van der Waals surface area contributed by atoms with Crippen molar-refractivity contribution in [2.24, 2.45) is 0 Å². The molecule has 0 bridgehead atoms. The van der Waals surface area contributed by atoms with Gasteiger partial charge >= 0.3 is 0 Å². The van der Waals surface area contributed by atoms with Crippen LogP contribution in [0.2, 0.25) is 0 Å². The lowest BCUT2D eigenvalue weighted by atomic mass is 9.69. The summed E-state index contributed by atoms with van der Waals surface area (Å²) in [7, 11) is 0. The SMILES string of the molecule is C1=CCC2C(=C1)C1(c3ccccc3-c3ccc(NC4C=CC(c5ccc6c(c5)oc5c(-c7ccccc7)c7c(cc56)oc5ccccc57)=CC4)cc31)c1ccccc12. The average Bonchev–Trinajstić information content (AvgIpc) is 4.01. The third-order valence-electron chi connectivity index (χ3n) is 13.3. The number of benzene rings is 7. The Labute approximate surface area is 335 Å². The van der Waals surface area contributed by atoms with Gasteiger partial charge in [-0.1, -0.05) is 146 Å². The van der Waals surface area contributed by atoms with Crippen molar-refractivity contribution in [1.29, 1.82) is 0 Å². The molecule has 0 aliphatic heterocycles. The highest BCUT2D eigenvalue weighted by Crippen LogP contribution is 2.65. The minimum Gasteiger partial charge on any atom is -0.456 e. The number of allylic oxidation sites excluding steroid dienone is 6. The number of hydrogen-bond donors (Lipinski definition) is 1. The lowest BCUT2D eigenvalue weighted by molar-refractivity contribution is 0.664. The second-order valence-corrected chi connectivity index (χ2v) is 16.3. The molecule has 9 aromatic rings. The number of para-hydroxylation sites is 1. The molecule has 7 aromatic carbocycles. The lowest BCUT2D eigenvalue weighted by Gasteiger charge is -2.33. The van der Waals surface area contributed by atoms with E-state index in [1.165, 1.54) is 44.5 Å². The highest BCUT2D eigenvalue weighted by Gasteiger charge is 2.54. The van der Waals surface area contributed by atoms with Crippen molar-refractivity contribution in [1.82, 2.24) is 0 Å². The molecule has 3 unspecified atom stereocenters. The van der Waals surface area contributed by atoms with E-state index >= 15 is 0 Å². The standard InChI is InChI=1S/C55H37NO2/c1-2-12-34(13-3-1)52-53-43-17-7-11-21-49(43)57-51(53)32-44-42-28-24-35(30-50(42)58-54(44)52)33-22-25-36(26-23-33)56-37-27-29-41-40-16-6-10-20-47(40)55(48(41)31-37)45-18-8-4-14-38(45)39-15-5-9-19-46(39)55/h1-14,16-25,27-32,36,39,56H,15,26H2. The predicted molar refractivity (Wildman–Crippen MR) is 238 cm³/mol. The summed E-state index contributed by atoms with van der Waals surface area (Å²) in [5.74, 6) is 0.402. The van der Waals surface area contributed by atoms with Crippen LogP contribution in [0.15, 0.2) is 196 Å². The van der Waals surface area contributed by atoms with Gasteiger partial charge in [0.05, 0.1) is 5.41 Å². The number of fused-ring (bicyclic) bond motifs is 16. The summed E-state index contributed by atoms with van der Waals surface area (Å²) in [5, 5.41) is 8.26. The maximum atomic E-state index is 6.84. The second-order valence-electron chi connectivity index (χ2n) is 16.3. The molecule has 0 saturated carbocycles. The fraction of sp³-hybridized carbons (Fsp3) is 0.0909. The molecule has 13 rings (SSSR count). The zero-order valence-electron chi connectivity index (χ0n) is 31.7. The molecular formula is C55H37NO2. The Morgan fingerprint density at radius 2 is 1.41 bits per heavy atom. The van der Waals surface area contributed by atoms with Crippen molar-refractivity contribution in [2.45, 2.75) is 30.2 Å². The van der Waals surface area contributed by atoms with Crippen LogP contribution in [0.3, 0.4) is 0 Å². The van der Waals surface area contributed by atoms with Crippen LogP contribution < -0.4 is 5.32 Å². The van der Waals surface area contributed by atoms with Crippen molar-refractivity contribution in [3.63, 3.8) is 0 Å². The van der Waals surface area contributed by atoms with Crippen LogP contribution in [0.4, 0.5) is 5.69 Å². The molecule has 0 saturated heterocycles. The van der Waals surface area contributed by atoms with Gasteiger partial charge < -0.3 is 14.2 Å². The lowest BCUT2D eigenvalue weighted by Crippen LogP contribution is -2.27. The van der Waals surface area contributed by atoms with Crippen LogP contribution in [-0.2, 0) is 5.41 Å². The third kappa shape index (κ3) is 4.33. The Bertz CT molecular complexity index is 3330. The maximum absolute atomic E-state index is 6.84. The van der Waals surface area contributed by atoms with Crippen molar-refractivity contribution in [3.05, 3.63) is 215 Å². The summed E-state index contributed by atoms with van der Waals surface area (Å²) in [5.41, 5.74) is 18.8. The molecule has 0 amide bonds. The summed E-state index contributed by atoms with van der Waals surface area (Å²) in [6.07, 6.45) is 15.9. The molecule has 3 heteroatoms. The molecule has 4 aliphatic carbocycles. The van der Waals surface area contributed by atoms with E-state index in [9.17, 15) is 0 Å². The maximum Gasteiger partial charge on any atom is 0.144 e. The molecule has 1 spiro atoms. The topological polar surface area (TPSA) is 38.3 Å². The summed E-state index contributed by atoms with van der Waals surface area (Å²) in [6, 6.07) is 53.1. The normalized spacial score (nSPS) is 20.1. The molecule has 4 aliphatic rings. The van der Waals surface area contributed by atoms with Crippen LogP contribution >= 0.6 is 0 Å². The van der Waals surface area contributed by atoms with Crippen molar-refractivity contribution in [3.8, 4) is 22.3 Å². The molecule has 3 nitrogen and oxygen atoms in total. The zero-order valence-corrected chi connectivity index (χ0v) is 31.7. The van der Waals surface area contributed by atoms with Gasteiger partial charge in [-0.2, -0.15) is 0 Å². The summed E-state index contributed by atoms with van der Waals surface area (Å²) in [4.78, 5) is 0. The van der Waals surface area contributed by atoms with Gasteiger partial charge in [0, 0.05) is 44.8 Å². The van der Waals surface area contributed by atoms with Gasteiger partial charge in [0.25, 0.3) is 0 Å². The summed E-state index contributed by atoms with van der Waals surface area (Å²) < 4.78 is 13.3. The van der Waals surface area contributed by atoms with Gasteiger partial charge in [-0.15, -0.1) is 0 Å². The number of furan rings is 2. The molecule has 2 aromatic heterocycles. The second kappa shape index (κ2) is 12.0. The van der Waals surface area contributed by atoms with Crippen molar-refractivity contribution in [2.75, 3.05) is 5.32 Å². The van der Waals surface area contributed by atoms with Crippen LogP contribution in [-0.4, -0.2) is 6.04 Å². The Kier molecular flexibility index (Phi) is 6.60. The number of hydrogen-bond acceptors (Lipinski definition) is 3. The van der Waals surface area contributed by atoms with Gasteiger partial charge in [-0.25, -0.2) is 0 Å². The summed E-state index contributed by atoms with van der Waals surface area (Å²) >= 11 is 0. The van der Waals surface area contributed by atoms with Crippen molar-refractivity contribution >= 4 is 55.1 Å². The van der Waals surface area contributed by atoms with Crippen LogP contribution in [0.1, 0.15) is 46.6 Å². The van der Waals surface area contributed by atoms with Crippen LogP contribution in [0.25, 0.3) is 71.7 Å². The number of anilines is 1. The highest BCUT2D eigenvalue weighted by molar-refractivity contribution is 6.23. The van der Waals surface area contributed by atoms with Gasteiger partial charge in [0.2, 0.25) is 0 Å². The van der Waals surface area contributed by atoms with Gasteiger partial charge in [-0.3, -0.25) is 0 Å². The average molecular weight is 744 g/mol. The first-order valence-corrected chi connectivity index (χ1v) is 20.5. The highest BCUT2D eigenvalue weighted by atomic mass is 16.3. The largest absolute Gasteiger partial charge is 0.456 e.